The Morgan fingerprint density at radius 2 is 2.19 bits per heavy atom. The number of nitrogens with two attached hydrogens (primary N) is 1. The lowest BCUT2D eigenvalue weighted by atomic mass is 10.1. The van der Waals surface area contributed by atoms with E-state index in [1.54, 1.807) is 12.1 Å². The molecule has 0 unspecified atom stereocenters. The second-order valence-corrected chi connectivity index (χ2v) is 5.42. The minimum atomic E-state index is 0.0348. The van der Waals surface area contributed by atoms with Gasteiger partial charge in [0.25, 0.3) is 0 Å². The van der Waals surface area contributed by atoms with Crippen LogP contribution in [0.3, 0.4) is 0 Å². The van der Waals surface area contributed by atoms with Gasteiger partial charge in [0.15, 0.2) is 0 Å². The summed E-state index contributed by atoms with van der Waals surface area (Å²) in [6.07, 6.45) is 3.02. The standard InChI is InChI=1S/C16H25N3O2/c1-2-21-15-6-9-19(10-7-15)11-8-16(20)18-14-5-3-4-13(17)12-14/h3-5,12,15H,2,6-11,17H2,1H3,(H,18,20). The van der Waals surface area contributed by atoms with E-state index in [0.29, 0.717) is 18.2 Å². The first-order valence-corrected chi connectivity index (χ1v) is 7.66. The van der Waals surface area contributed by atoms with E-state index in [4.69, 9.17) is 10.5 Å². The van der Waals surface area contributed by atoms with E-state index in [-0.39, 0.29) is 5.91 Å². The number of hydrogen-bond acceptors (Lipinski definition) is 4. The maximum absolute atomic E-state index is 11.9. The number of hydrogen-bond donors (Lipinski definition) is 2. The molecule has 0 spiro atoms. The SMILES string of the molecule is CCOC1CCN(CCC(=O)Nc2cccc(N)c2)CC1. The molecule has 0 aliphatic carbocycles. The molecule has 0 saturated carbocycles. The van der Waals surface area contributed by atoms with Crippen molar-refractivity contribution in [1.82, 2.24) is 4.90 Å². The molecule has 116 valence electrons. The number of nitrogens with one attached hydrogen (secondary N) is 1. The van der Waals surface area contributed by atoms with Crippen molar-refractivity contribution in [3.8, 4) is 0 Å². The van der Waals surface area contributed by atoms with Crippen molar-refractivity contribution in [2.24, 2.45) is 0 Å². The lowest BCUT2D eigenvalue weighted by molar-refractivity contribution is -0.116. The lowest BCUT2D eigenvalue weighted by Gasteiger charge is -2.31. The fourth-order valence-corrected chi connectivity index (χ4v) is 2.63. The number of amides is 1. The molecule has 1 aliphatic heterocycles. The molecule has 0 atom stereocenters. The molecule has 0 radical (unpaired) electrons. The molecule has 21 heavy (non-hydrogen) atoms. The van der Waals surface area contributed by atoms with Gasteiger partial charge in [0.2, 0.25) is 5.91 Å². The zero-order chi connectivity index (χ0) is 15.1. The fraction of sp³-hybridized carbons (Fsp3) is 0.562. The summed E-state index contributed by atoms with van der Waals surface area (Å²) in [5.74, 6) is 0.0348. The van der Waals surface area contributed by atoms with Gasteiger partial charge < -0.3 is 20.7 Å². The second-order valence-electron chi connectivity index (χ2n) is 5.42. The van der Waals surface area contributed by atoms with E-state index in [1.807, 2.05) is 19.1 Å². The summed E-state index contributed by atoms with van der Waals surface area (Å²) in [7, 11) is 0. The monoisotopic (exact) mass is 291 g/mol. The van der Waals surface area contributed by atoms with Gasteiger partial charge in [-0.25, -0.2) is 0 Å². The van der Waals surface area contributed by atoms with Crippen LogP contribution in [0.4, 0.5) is 11.4 Å². The molecule has 5 heteroatoms. The Hall–Kier alpha value is -1.59. The zero-order valence-electron chi connectivity index (χ0n) is 12.7. The van der Waals surface area contributed by atoms with E-state index < -0.39 is 0 Å². The number of benzene rings is 1. The minimum absolute atomic E-state index is 0.0348. The van der Waals surface area contributed by atoms with Gasteiger partial charge in [0.1, 0.15) is 0 Å². The van der Waals surface area contributed by atoms with Crippen LogP contribution in [0.1, 0.15) is 26.2 Å². The van der Waals surface area contributed by atoms with Gasteiger partial charge in [-0.1, -0.05) is 6.07 Å². The molecule has 2 rings (SSSR count). The van der Waals surface area contributed by atoms with E-state index in [2.05, 4.69) is 10.2 Å². The molecule has 0 aromatic heterocycles. The molecule has 3 N–H and O–H groups in total. The minimum Gasteiger partial charge on any atom is -0.399 e. The van der Waals surface area contributed by atoms with Crippen LogP contribution >= 0.6 is 0 Å². The van der Waals surface area contributed by atoms with Crippen molar-refractivity contribution in [3.63, 3.8) is 0 Å². The first-order valence-electron chi connectivity index (χ1n) is 7.66. The fourth-order valence-electron chi connectivity index (χ4n) is 2.63. The van der Waals surface area contributed by atoms with Gasteiger partial charge in [-0.15, -0.1) is 0 Å². The van der Waals surface area contributed by atoms with Crippen molar-refractivity contribution >= 4 is 17.3 Å². The number of carbonyl (C=O) groups is 1. The van der Waals surface area contributed by atoms with Crippen LogP contribution < -0.4 is 11.1 Å². The first kappa shape index (κ1) is 15.8. The highest BCUT2D eigenvalue weighted by atomic mass is 16.5. The third kappa shape index (κ3) is 5.36. The Balaban J connectivity index is 1.68. The van der Waals surface area contributed by atoms with Crippen molar-refractivity contribution in [2.45, 2.75) is 32.3 Å². The maximum atomic E-state index is 11.9. The van der Waals surface area contributed by atoms with E-state index in [9.17, 15) is 4.79 Å². The number of carbonyl (C=O) groups excluding carboxylic acids is 1. The summed E-state index contributed by atoms with van der Waals surface area (Å²) in [5, 5.41) is 2.88. The highest BCUT2D eigenvalue weighted by Crippen LogP contribution is 2.15. The lowest BCUT2D eigenvalue weighted by Crippen LogP contribution is -2.38. The third-order valence-corrected chi connectivity index (χ3v) is 3.76. The maximum Gasteiger partial charge on any atom is 0.225 e. The number of nitrogen functional groups attached to an aromatic ring is 1. The summed E-state index contributed by atoms with van der Waals surface area (Å²) in [6.45, 7) is 5.64. The summed E-state index contributed by atoms with van der Waals surface area (Å²) >= 11 is 0. The number of likely N-dealkylation sites (tertiary alicyclic amines) is 1. The molecule has 1 heterocycles. The van der Waals surface area contributed by atoms with Crippen molar-refractivity contribution < 1.29 is 9.53 Å². The Morgan fingerprint density at radius 3 is 2.86 bits per heavy atom. The molecular weight excluding hydrogens is 266 g/mol. The van der Waals surface area contributed by atoms with Crippen LogP contribution in [0, 0.1) is 0 Å². The van der Waals surface area contributed by atoms with Gasteiger partial charge in [-0.3, -0.25) is 4.79 Å². The van der Waals surface area contributed by atoms with Gasteiger partial charge in [0.05, 0.1) is 6.10 Å². The van der Waals surface area contributed by atoms with Gasteiger partial charge in [-0.05, 0) is 38.0 Å². The zero-order valence-corrected chi connectivity index (χ0v) is 12.7. The largest absolute Gasteiger partial charge is 0.399 e. The molecule has 1 amide bonds. The summed E-state index contributed by atoms with van der Waals surface area (Å²) < 4.78 is 5.63. The van der Waals surface area contributed by atoms with Crippen LogP contribution in [0.25, 0.3) is 0 Å². The summed E-state index contributed by atoms with van der Waals surface area (Å²) in [6, 6.07) is 7.26. The van der Waals surface area contributed by atoms with Crippen molar-refractivity contribution in [2.75, 3.05) is 37.3 Å². The third-order valence-electron chi connectivity index (χ3n) is 3.76. The molecule has 1 fully saturated rings. The number of ether oxygens (including phenoxy) is 1. The normalized spacial score (nSPS) is 16.8. The van der Waals surface area contributed by atoms with Crippen molar-refractivity contribution in [3.05, 3.63) is 24.3 Å². The molecule has 5 nitrogen and oxygen atoms in total. The molecule has 0 bridgehead atoms. The smallest absolute Gasteiger partial charge is 0.225 e. The Kier molecular flexibility index (Phi) is 6.02. The first-order chi connectivity index (χ1) is 10.2. The number of rotatable bonds is 6. The predicted molar refractivity (Wildman–Crippen MR) is 85.2 cm³/mol. The number of anilines is 2. The topological polar surface area (TPSA) is 67.6 Å². The average molecular weight is 291 g/mol. The molecule has 1 aromatic rings. The van der Waals surface area contributed by atoms with Gasteiger partial charge >= 0.3 is 0 Å². The van der Waals surface area contributed by atoms with Crippen LogP contribution in [0.5, 0.6) is 0 Å². The van der Waals surface area contributed by atoms with Crippen LogP contribution in [-0.2, 0) is 9.53 Å². The number of piperidine rings is 1. The quantitative estimate of drug-likeness (QED) is 0.788. The Bertz CT molecular complexity index is 457. The molecular formula is C16H25N3O2. The predicted octanol–water partition coefficient (Wildman–Crippen LogP) is 2.10. The van der Waals surface area contributed by atoms with Crippen LogP contribution in [-0.4, -0.2) is 43.2 Å². The highest BCUT2D eigenvalue weighted by molar-refractivity contribution is 5.91. The van der Waals surface area contributed by atoms with Gasteiger partial charge in [-0.2, -0.15) is 0 Å². The number of nitrogens with zero attached hydrogens (tertiary/aromatic N) is 1. The van der Waals surface area contributed by atoms with E-state index in [1.165, 1.54) is 0 Å². The molecule has 1 aromatic carbocycles. The van der Waals surface area contributed by atoms with Gasteiger partial charge in [0, 0.05) is 44.0 Å². The van der Waals surface area contributed by atoms with Crippen LogP contribution in [0.2, 0.25) is 0 Å². The molecule has 1 aliphatic rings. The molecule has 1 saturated heterocycles. The Morgan fingerprint density at radius 1 is 1.43 bits per heavy atom. The summed E-state index contributed by atoms with van der Waals surface area (Å²) in [5.41, 5.74) is 7.11. The van der Waals surface area contributed by atoms with Crippen molar-refractivity contribution in [1.29, 1.82) is 0 Å². The van der Waals surface area contributed by atoms with Crippen LogP contribution in [0.15, 0.2) is 24.3 Å². The van der Waals surface area contributed by atoms with E-state index >= 15 is 0 Å². The second kappa shape index (κ2) is 8.00. The summed E-state index contributed by atoms with van der Waals surface area (Å²) in [4.78, 5) is 14.3. The Labute approximate surface area is 126 Å². The highest BCUT2D eigenvalue weighted by Gasteiger charge is 2.19. The van der Waals surface area contributed by atoms with E-state index in [0.717, 1.165) is 44.8 Å². The average Bonchev–Trinajstić information content (AvgIpc) is 2.47.